The Bertz CT molecular complexity index is 754. The van der Waals surface area contributed by atoms with Gasteiger partial charge in [-0.25, -0.2) is 0 Å². The summed E-state index contributed by atoms with van der Waals surface area (Å²) in [7, 11) is 0. The van der Waals surface area contributed by atoms with E-state index in [1.165, 1.54) is 31.5 Å². The lowest BCUT2D eigenvalue weighted by molar-refractivity contribution is -0.127. The molecule has 4 nitrogen and oxygen atoms in total. The van der Waals surface area contributed by atoms with Gasteiger partial charge in [0.2, 0.25) is 0 Å². The van der Waals surface area contributed by atoms with Gasteiger partial charge in [-0.05, 0) is 54.6 Å². The van der Waals surface area contributed by atoms with Crippen molar-refractivity contribution in [1.82, 2.24) is 10.2 Å². The average molecular weight is 364 g/mol. The lowest BCUT2D eigenvalue weighted by atomic mass is 9.99. The number of carbonyl (C=O) groups is 1. The van der Waals surface area contributed by atoms with Gasteiger partial charge in [0.1, 0.15) is 5.75 Å². The van der Waals surface area contributed by atoms with Crippen molar-refractivity contribution in [2.75, 3.05) is 13.1 Å². The fourth-order valence-electron chi connectivity index (χ4n) is 3.87. The molecule has 4 rings (SSSR count). The van der Waals surface area contributed by atoms with E-state index < -0.39 is 6.10 Å². The molecule has 1 amide bonds. The Kier molecular flexibility index (Phi) is 5.44. The molecule has 0 radical (unpaired) electrons. The number of nitrogens with one attached hydrogen (secondary N) is 1. The van der Waals surface area contributed by atoms with Gasteiger partial charge in [0.15, 0.2) is 6.10 Å². The minimum absolute atomic E-state index is 0.0438. The van der Waals surface area contributed by atoms with Crippen LogP contribution in [0.15, 0.2) is 48.5 Å². The Morgan fingerprint density at radius 2 is 1.78 bits per heavy atom. The lowest BCUT2D eigenvalue weighted by Crippen LogP contribution is -2.37. The average Bonchev–Trinajstić information content (AvgIpc) is 3.13. The number of hydrogen-bond donors (Lipinski definition) is 1. The number of amides is 1. The van der Waals surface area contributed by atoms with Crippen molar-refractivity contribution in [1.29, 1.82) is 0 Å². The van der Waals surface area contributed by atoms with Crippen LogP contribution in [0.5, 0.6) is 5.75 Å². The molecule has 1 fully saturated rings. The van der Waals surface area contributed by atoms with Gasteiger partial charge in [0, 0.05) is 19.5 Å². The van der Waals surface area contributed by atoms with Crippen LogP contribution in [0.4, 0.5) is 0 Å². The first-order valence-corrected chi connectivity index (χ1v) is 10.00. The second kappa shape index (κ2) is 8.13. The molecule has 142 valence electrons. The third-order valence-electron chi connectivity index (χ3n) is 5.71. The van der Waals surface area contributed by atoms with E-state index in [0.29, 0.717) is 13.0 Å². The monoisotopic (exact) mass is 364 g/mol. The summed E-state index contributed by atoms with van der Waals surface area (Å²) < 4.78 is 5.75. The van der Waals surface area contributed by atoms with Crippen molar-refractivity contribution in [2.24, 2.45) is 5.92 Å². The van der Waals surface area contributed by atoms with E-state index in [9.17, 15) is 4.79 Å². The molecule has 27 heavy (non-hydrogen) atoms. The molecular formula is C23H28N2O2. The highest BCUT2D eigenvalue weighted by Crippen LogP contribution is 2.28. The third kappa shape index (κ3) is 4.51. The Morgan fingerprint density at radius 3 is 2.52 bits per heavy atom. The fraction of sp³-hybridized carbons (Fsp3) is 0.435. The predicted molar refractivity (Wildman–Crippen MR) is 107 cm³/mol. The minimum Gasteiger partial charge on any atom is -0.480 e. The fourth-order valence-corrected chi connectivity index (χ4v) is 3.87. The van der Waals surface area contributed by atoms with Crippen molar-refractivity contribution in [3.8, 4) is 5.75 Å². The zero-order valence-electron chi connectivity index (χ0n) is 16.0. The summed E-state index contributed by atoms with van der Waals surface area (Å²) in [5.41, 5.74) is 3.57. The van der Waals surface area contributed by atoms with Crippen molar-refractivity contribution in [2.45, 2.75) is 45.4 Å². The van der Waals surface area contributed by atoms with Gasteiger partial charge in [0.25, 0.3) is 5.91 Å². The number of ether oxygens (including phenoxy) is 1. The van der Waals surface area contributed by atoms with E-state index >= 15 is 0 Å². The van der Waals surface area contributed by atoms with Crippen LogP contribution in [0, 0.1) is 5.92 Å². The number of piperidine rings is 1. The molecule has 0 spiro atoms. The molecule has 2 aromatic rings. The molecule has 0 aromatic heterocycles. The molecule has 2 heterocycles. The summed E-state index contributed by atoms with van der Waals surface area (Å²) in [6, 6.07) is 16.5. The smallest absolute Gasteiger partial charge is 0.261 e. The van der Waals surface area contributed by atoms with Gasteiger partial charge in [-0.15, -0.1) is 0 Å². The zero-order valence-corrected chi connectivity index (χ0v) is 16.0. The molecule has 1 N–H and O–H groups in total. The molecule has 0 aliphatic carbocycles. The van der Waals surface area contributed by atoms with E-state index in [2.05, 4.69) is 41.4 Å². The molecule has 1 unspecified atom stereocenters. The van der Waals surface area contributed by atoms with E-state index in [4.69, 9.17) is 4.74 Å². The van der Waals surface area contributed by atoms with Crippen molar-refractivity contribution >= 4 is 5.91 Å². The van der Waals surface area contributed by atoms with Crippen LogP contribution in [-0.4, -0.2) is 30.0 Å². The Labute approximate surface area is 161 Å². The lowest BCUT2D eigenvalue weighted by Gasteiger charge is -2.30. The maximum Gasteiger partial charge on any atom is 0.261 e. The molecule has 2 aliphatic heterocycles. The van der Waals surface area contributed by atoms with Crippen LogP contribution in [0.3, 0.4) is 0 Å². The summed E-state index contributed by atoms with van der Waals surface area (Å²) in [6.07, 6.45) is 2.84. The van der Waals surface area contributed by atoms with Crippen LogP contribution >= 0.6 is 0 Å². The second-order valence-corrected chi connectivity index (χ2v) is 7.91. The normalized spacial score (nSPS) is 20.1. The van der Waals surface area contributed by atoms with Crippen molar-refractivity contribution in [3.63, 3.8) is 0 Å². The highest BCUT2D eigenvalue weighted by Gasteiger charge is 2.28. The third-order valence-corrected chi connectivity index (χ3v) is 5.71. The first-order chi connectivity index (χ1) is 13.2. The van der Waals surface area contributed by atoms with E-state index in [0.717, 1.165) is 29.3 Å². The standard InChI is InChI=1S/C23H28N2O2/c1-17-10-12-25(13-11-17)16-19-8-6-18(7-9-19)15-24-23(26)22-14-20-4-2-3-5-21(20)27-22/h2-9,17,22H,10-16H2,1H3,(H,24,26). The van der Waals surface area contributed by atoms with E-state index in [1.807, 2.05) is 24.3 Å². The maximum atomic E-state index is 12.4. The van der Waals surface area contributed by atoms with Crippen LogP contribution < -0.4 is 10.1 Å². The SMILES string of the molecule is CC1CCN(Cc2ccc(CNC(=O)C3Cc4ccccc4O3)cc2)CC1. The summed E-state index contributed by atoms with van der Waals surface area (Å²) in [6.45, 7) is 6.30. The Balaban J connectivity index is 1.25. The van der Waals surface area contributed by atoms with Crippen molar-refractivity contribution < 1.29 is 9.53 Å². The summed E-state index contributed by atoms with van der Waals surface area (Å²) in [5.74, 6) is 1.65. The minimum atomic E-state index is -0.414. The largest absolute Gasteiger partial charge is 0.480 e. The number of fused-ring (bicyclic) bond motifs is 1. The first-order valence-electron chi connectivity index (χ1n) is 10.00. The van der Waals surface area contributed by atoms with Crippen LogP contribution in [0.2, 0.25) is 0 Å². The number of carbonyl (C=O) groups excluding carboxylic acids is 1. The number of benzene rings is 2. The highest BCUT2D eigenvalue weighted by molar-refractivity contribution is 5.82. The van der Waals surface area contributed by atoms with Crippen LogP contribution in [0.25, 0.3) is 0 Å². The molecule has 0 saturated carbocycles. The second-order valence-electron chi connectivity index (χ2n) is 7.91. The molecule has 4 heteroatoms. The number of rotatable bonds is 5. The van der Waals surface area contributed by atoms with Crippen LogP contribution in [0.1, 0.15) is 36.5 Å². The molecule has 1 atom stereocenters. The van der Waals surface area contributed by atoms with E-state index in [1.54, 1.807) is 0 Å². The topological polar surface area (TPSA) is 41.6 Å². The highest BCUT2D eigenvalue weighted by atomic mass is 16.5. The molecular weight excluding hydrogens is 336 g/mol. The van der Waals surface area contributed by atoms with Gasteiger partial charge in [-0.2, -0.15) is 0 Å². The summed E-state index contributed by atoms with van der Waals surface area (Å²) >= 11 is 0. The molecule has 1 saturated heterocycles. The summed E-state index contributed by atoms with van der Waals surface area (Å²) in [4.78, 5) is 14.9. The number of para-hydroxylation sites is 1. The summed E-state index contributed by atoms with van der Waals surface area (Å²) in [5, 5.41) is 3.01. The van der Waals surface area contributed by atoms with Gasteiger partial charge < -0.3 is 10.1 Å². The molecule has 0 bridgehead atoms. The Hall–Kier alpha value is -2.33. The maximum absolute atomic E-state index is 12.4. The number of hydrogen-bond acceptors (Lipinski definition) is 3. The number of likely N-dealkylation sites (tertiary alicyclic amines) is 1. The first kappa shape index (κ1) is 18.1. The molecule has 2 aromatic carbocycles. The zero-order chi connectivity index (χ0) is 18.6. The van der Waals surface area contributed by atoms with Crippen LogP contribution in [-0.2, 0) is 24.3 Å². The predicted octanol–water partition coefficient (Wildman–Crippen LogP) is 3.54. The van der Waals surface area contributed by atoms with Gasteiger partial charge in [0.05, 0.1) is 0 Å². The Morgan fingerprint density at radius 1 is 1.07 bits per heavy atom. The quantitative estimate of drug-likeness (QED) is 0.882. The van der Waals surface area contributed by atoms with Gasteiger partial charge in [-0.3, -0.25) is 9.69 Å². The van der Waals surface area contributed by atoms with Gasteiger partial charge >= 0.3 is 0 Å². The molecule has 2 aliphatic rings. The number of nitrogens with zero attached hydrogens (tertiary/aromatic N) is 1. The van der Waals surface area contributed by atoms with Crippen molar-refractivity contribution in [3.05, 3.63) is 65.2 Å². The van der Waals surface area contributed by atoms with Gasteiger partial charge in [-0.1, -0.05) is 49.4 Å². The van der Waals surface area contributed by atoms with E-state index in [-0.39, 0.29) is 5.91 Å².